The van der Waals surface area contributed by atoms with Crippen molar-refractivity contribution >= 4 is 17.8 Å². The Hall–Kier alpha value is -3.13. The van der Waals surface area contributed by atoms with Crippen molar-refractivity contribution in [2.45, 2.75) is 32.1 Å². The van der Waals surface area contributed by atoms with Gasteiger partial charge in [-0.25, -0.2) is 4.79 Å². The summed E-state index contributed by atoms with van der Waals surface area (Å²) in [6, 6.07) is 12.6. The van der Waals surface area contributed by atoms with Gasteiger partial charge in [0, 0.05) is 37.8 Å². The van der Waals surface area contributed by atoms with E-state index in [0.29, 0.717) is 50.5 Å². The van der Waals surface area contributed by atoms with Crippen molar-refractivity contribution in [2.24, 2.45) is 0 Å². The Labute approximate surface area is 174 Å². The minimum absolute atomic E-state index is 0.0799. The van der Waals surface area contributed by atoms with Crippen LogP contribution in [0.2, 0.25) is 0 Å². The van der Waals surface area contributed by atoms with E-state index in [2.05, 4.69) is 0 Å². The highest BCUT2D eigenvalue weighted by molar-refractivity contribution is 6.08. The Bertz CT molecular complexity index is 932. The first kappa shape index (κ1) is 20.2. The number of ether oxygens (including phenoxy) is 3. The lowest BCUT2D eigenvalue weighted by molar-refractivity contribution is -0.168. The van der Waals surface area contributed by atoms with Crippen molar-refractivity contribution in [2.75, 3.05) is 26.3 Å². The van der Waals surface area contributed by atoms with E-state index in [9.17, 15) is 14.4 Å². The van der Waals surface area contributed by atoms with Crippen LogP contribution in [0, 0.1) is 0 Å². The molecule has 0 spiro atoms. The summed E-state index contributed by atoms with van der Waals surface area (Å²) in [6.07, 6.45) is -0.986. The predicted octanol–water partition coefficient (Wildman–Crippen LogP) is 2.56. The van der Waals surface area contributed by atoms with Crippen molar-refractivity contribution in [3.05, 3.63) is 59.4 Å². The number of aromatic nitrogens is 1. The molecule has 2 aliphatic heterocycles. The zero-order valence-corrected chi connectivity index (χ0v) is 16.8. The van der Waals surface area contributed by atoms with Crippen LogP contribution in [-0.4, -0.2) is 59.9 Å². The van der Waals surface area contributed by atoms with Gasteiger partial charge >= 0.3 is 12.1 Å². The number of amides is 1. The van der Waals surface area contributed by atoms with Crippen LogP contribution in [0.15, 0.2) is 42.5 Å². The number of rotatable bonds is 5. The van der Waals surface area contributed by atoms with Gasteiger partial charge in [0.05, 0.1) is 24.8 Å². The van der Waals surface area contributed by atoms with Crippen LogP contribution >= 0.6 is 0 Å². The average molecular weight is 412 g/mol. The van der Waals surface area contributed by atoms with Crippen molar-refractivity contribution in [1.29, 1.82) is 0 Å². The van der Waals surface area contributed by atoms with Gasteiger partial charge in [0.25, 0.3) is 0 Å². The van der Waals surface area contributed by atoms with Gasteiger partial charge in [0.15, 0.2) is 0 Å². The fourth-order valence-electron chi connectivity index (χ4n) is 3.85. The Kier molecular flexibility index (Phi) is 5.85. The van der Waals surface area contributed by atoms with Gasteiger partial charge in [0.1, 0.15) is 0 Å². The molecule has 1 aromatic carbocycles. The van der Waals surface area contributed by atoms with Crippen LogP contribution in [0.25, 0.3) is 0 Å². The maximum atomic E-state index is 12.8. The normalized spacial score (nSPS) is 19.1. The Morgan fingerprint density at radius 2 is 1.73 bits per heavy atom. The molecule has 1 saturated heterocycles. The smallest absolute Gasteiger partial charge is 0.413 e. The average Bonchev–Trinajstić information content (AvgIpc) is 3.36. The zero-order valence-electron chi connectivity index (χ0n) is 16.8. The van der Waals surface area contributed by atoms with E-state index >= 15 is 0 Å². The van der Waals surface area contributed by atoms with Gasteiger partial charge in [-0.2, -0.15) is 0 Å². The van der Waals surface area contributed by atoms with Gasteiger partial charge in [-0.3, -0.25) is 9.59 Å². The zero-order chi connectivity index (χ0) is 21.1. The second-order valence-electron chi connectivity index (χ2n) is 7.32. The molecular formula is C22H24N2O6. The second kappa shape index (κ2) is 8.71. The standard InChI is InChI=1S/C22H24N2O6/c1-15(30-22(27)23-11-13-28-14-12-23)29-21(26)17-9-10-24-18(17)7-8-19(24)20(25)16-5-3-2-4-6-16/h2-8,15,17H,9-14H2,1H3. The minimum Gasteiger partial charge on any atom is -0.425 e. The molecule has 0 N–H and O–H groups in total. The van der Waals surface area contributed by atoms with Crippen LogP contribution in [-0.2, 0) is 25.5 Å². The summed E-state index contributed by atoms with van der Waals surface area (Å²) in [4.78, 5) is 39.1. The number of ketones is 1. The van der Waals surface area contributed by atoms with Gasteiger partial charge in [-0.1, -0.05) is 30.3 Å². The van der Waals surface area contributed by atoms with Crippen LogP contribution in [0.3, 0.4) is 0 Å². The summed E-state index contributed by atoms with van der Waals surface area (Å²) in [7, 11) is 0. The number of morpholine rings is 1. The molecular weight excluding hydrogens is 388 g/mol. The van der Waals surface area contributed by atoms with E-state index < -0.39 is 24.3 Å². The molecule has 3 heterocycles. The van der Waals surface area contributed by atoms with E-state index in [1.54, 1.807) is 24.3 Å². The third-order valence-corrected chi connectivity index (χ3v) is 5.38. The van der Waals surface area contributed by atoms with Crippen molar-refractivity contribution < 1.29 is 28.6 Å². The first-order chi connectivity index (χ1) is 14.5. The van der Waals surface area contributed by atoms with Crippen LogP contribution in [0.1, 0.15) is 41.0 Å². The maximum absolute atomic E-state index is 12.8. The van der Waals surface area contributed by atoms with Gasteiger partial charge in [-0.15, -0.1) is 0 Å². The first-order valence-corrected chi connectivity index (χ1v) is 10.1. The highest BCUT2D eigenvalue weighted by Gasteiger charge is 2.34. The number of benzene rings is 1. The number of hydrogen-bond acceptors (Lipinski definition) is 6. The highest BCUT2D eigenvalue weighted by Crippen LogP contribution is 2.32. The fraction of sp³-hybridized carbons (Fsp3) is 0.409. The molecule has 2 aromatic rings. The van der Waals surface area contributed by atoms with Gasteiger partial charge in [-0.05, 0) is 18.6 Å². The molecule has 0 aliphatic carbocycles. The third kappa shape index (κ3) is 4.09. The second-order valence-corrected chi connectivity index (χ2v) is 7.32. The number of esters is 1. The molecule has 2 unspecified atom stereocenters. The molecule has 0 radical (unpaired) electrons. The largest absolute Gasteiger partial charge is 0.425 e. The molecule has 1 aromatic heterocycles. The number of fused-ring (bicyclic) bond motifs is 1. The molecule has 2 aliphatic rings. The van der Waals surface area contributed by atoms with E-state index in [1.165, 1.54) is 11.8 Å². The summed E-state index contributed by atoms with van der Waals surface area (Å²) in [5.74, 6) is -1.04. The van der Waals surface area contributed by atoms with E-state index in [-0.39, 0.29) is 5.78 Å². The van der Waals surface area contributed by atoms with Crippen molar-refractivity contribution in [1.82, 2.24) is 9.47 Å². The molecule has 8 heteroatoms. The highest BCUT2D eigenvalue weighted by atomic mass is 16.7. The molecule has 1 fully saturated rings. The molecule has 2 atom stereocenters. The summed E-state index contributed by atoms with van der Waals surface area (Å²) in [5.41, 5.74) is 1.90. The Balaban J connectivity index is 1.38. The first-order valence-electron chi connectivity index (χ1n) is 10.1. The topological polar surface area (TPSA) is 87.1 Å². The summed E-state index contributed by atoms with van der Waals surface area (Å²) in [6.45, 7) is 3.91. The lowest BCUT2D eigenvalue weighted by Crippen LogP contribution is -2.42. The third-order valence-electron chi connectivity index (χ3n) is 5.38. The van der Waals surface area contributed by atoms with Gasteiger partial charge in [0.2, 0.25) is 12.1 Å². The summed E-state index contributed by atoms with van der Waals surface area (Å²) >= 11 is 0. The van der Waals surface area contributed by atoms with Crippen molar-refractivity contribution in [3.63, 3.8) is 0 Å². The number of carbonyl (C=O) groups excluding carboxylic acids is 3. The quantitative estimate of drug-likeness (QED) is 0.426. The maximum Gasteiger partial charge on any atom is 0.413 e. The van der Waals surface area contributed by atoms with E-state index in [1.807, 2.05) is 22.8 Å². The van der Waals surface area contributed by atoms with Crippen molar-refractivity contribution in [3.8, 4) is 0 Å². The Morgan fingerprint density at radius 1 is 1.00 bits per heavy atom. The summed E-state index contributed by atoms with van der Waals surface area (Å²) in [5, 5.41) is 0. The lowest BCUT2D eigenvalue weighted by atomic mass is 10.1. The number of carbonyl (C=O) groups is 3. The fourth-order valence-corrected chi connectivity index (χ4v) is 3.85. The number of nitrogens with zero attached hydrogens (tertiary/aromatic N) is 2. The SMILES string of the molecule is CC(OC(=O)C1CCn2c(C(=O)c3ccccc3)ccc21)OC(=O)N1CCOCC1. The van der Waals surface area contributed by atoms with Gasteiger partial charge < -0.3 is 23.7 Å². The molecule has 30 heavy (non-hydrogen) atoms. The molecule has 4 rings (SSSR count). The molecule has 1 amide bonds. The molecule has 158 valence electrons. The van der Waals surface area contributed by atoms with Crippen LogP contribution < -0.4 is 0 Å². The lowest BCUT2D eigenvalue weighted by Gasteiger charge is -2.27. The number of hydrogen-bond donors (Lipinski definition) is 0. The van der Waals surface area contributed by atoms with E-state index in [0.717, 1.165) is 5.69 Å². The monoisotopic (exact) mass is 412 g/mol. The Morgan fingerprint density at radius 3 is 2.47 bits per heavy atom. The van der Waals surface area contributed by atoms with E-state index in [4.69, 9.17) is 14.2 Å². The predicted molar refractivity (Wildman–Crippen MR) is 106 cm³/mol. The van der Waals surface area contributed by atoms with Crippen LogP contribution in [0.5, 0.6) is 0 Å². The molecule has 0 bridgehead atoms. The molecule has 0 saturated carbocycles. The molecule has 8 nitrogen and oxygen atoms in total. The van der Waals surface area contributed by atoms with Crippen LogP contribution in [0.4, 0.5) is 4.79 Å². The minimum atomic E-state index is -0.998. The summed E-state index contributed by atoms with van der Waals surface area (Å²) < 4.78 is 17.7.